The molecule has 0 aliphatic carbocycles. The van der Waals surface area contributed by atoms with E-state index in [-0.39, 0.29) is 17.0 Å². The Hall–Kier alpha value is -3.36. The van der Waals surface area contributed by atoms with Gasteiger partial charge in [-0.2, -0.15) is 13.2 Å². The Morgan fingerprint density at radius 1 is 1.15 bits per heavy atom. The number of alkyl halides is 3. The van der Waals surface area contributed by atoms with E-state index >= 15 is 0 Å². The highest BCUT2D eigenvalue weighted by Gasteiger charge is 2.35. The van der Waals surface area contributed by atoms with Gasteiger partial charge >= 0.3 is 6.18 Å². The van der Waals surface area contributed by atoms with Crippen LogP contribution in [0.3, 0.4) is 0 Å². The van der Waals surface area contributed by atoms with E-state index in [9.17, 15) is 32.3 Å². The van der Waals surface area contributed by atoms with Crippen molar-refractivity contribution in [1.82, 2.24) is 4.98 Å². The number of aromatic nitrogens is 1. The van der Waals surface area contributed by atoms with Gasteiger partial charge in [-0.25, -0.2) is 4.39 Å². The fourth-order valence-electron chi connectivity index (χ4n) is 2.41. The van der Waals surface area contributed by atoms with Gasteiger partial charge in [0.15, 0.2) is 0 Å². The number of aromatic hydroxyl groups is 1. The van der Waals surface area contributed by atoms with E-state index in [4.69, 9.17) is 0 Å². The second kappa shape index (κ2) is 6.17. The van der Waals surface area contributed by atoms with Crippen molar-refractivity contribution in [3.63, 3.8) is 0 Å². The number of carbonyl (C=O) groups excluding carboxylic acids is 1. The minimum Gasteiger partial charge on any atom is -0.507 e. The maximum absolute atomic E-state index is 13.9. The fourth-order valence-corrected chi connectivity index (χ4v) is 2.41. The topological polar surface area (TPSA) is 82.2 Å². The number of fused-ring (bicyclic) bond motifs is 1. The molecule has 5 nitrogen and oxygen atoms in total. The van der Waals surface area contributed by atoms with Crippen LogP contribution in [-0.4, -0.2) is 16.0 Å². The third-order valence-corrected chi connectivity index (χ3v) is 3.67. The highest BCUT2D eigenvalue weighted by Crippen LogP contribution is 2.38. The molecule has 0 spiro atoms. The molecule has 0 aliphatic heterocycles. The van der Waals surface area contributed by atoms with E-state index in [2.05, 4.69) is 4.98 Å². The lowest BCUT2D eigenvalue weighted by Crippen LogP contribution is -2.22. The highest BCUT2D eigenvalue weighted by molar-refractivity contribution is 6.05. The molecule has 0 bridgehead atoms. The summed E-state index contributed by atoms with van der Waals surface area (Å²) < 4.78 is 51.8. The molecule has 26 heavy (non-hydrogen) atoms. The van der Waals surface area contributed by atoms with Gasteiger partial charge in [0.2, 0.25) is 5.43 Å². The summed E-state index contributed by atoms with van der Waals surface area (Å²) in [5.74, 6) is -3.68. The van der Waals surface area contributed by atoms with E-state index in [0.717, 1.165) is 6.20 Å². The second-order valence-corrected chi connectivity index (χ2v) is 5.38. The maximum Gasteiger partial charge on any atom is 0.420 e. The Morgan fingerprint density at radius 2 is 1.85 bits per heavy atom. The van der Waals surface area contributed by atoms with Gasteiger partial charge in [0, 0.05) is 23.2 Å². The van der Waals surface area contributed by atoms with Crippen molar-refractivity contribution in [1.29, 1.82) is 0 Å². The molecule has 1 aromatic heterocycles. The van der Waals surface area contributed by atoms with Crippen LogP contribution < -0.4 is 10.7 Å². The van der Waals surface area contributed by atoms with Crippen molar-refractivity contribution >= 4 is 22.5 Å². The summed E-state index contributed by atoms with van der Waals surface area (Å²) in [5.41, 5.74) is -2.77. The van der Waals surface area contributed by atoms with Crippen LogP contribution in [-0.2, 0) is 6.18 Å². The molecular formula is C17H10F4N2O3. The van der Waals surface area contributed by atoms with E-state index in [1.165, 1.54) is 6.07 Å². The van der Waals surface area contributed by atoms with Crippen LogP contribution >= 0.6 is 0 Å². The zero-order chi connectivity index (χ0) is 19.1. The first kappa shape index (κ1) is 17.5. The molecule has 0 saturated heterocycles. The van der Waals surface area contributed by atoms with Gasteiger partial charge in [-0.3, -0.25) is 9.59 Å². The van der Waals surface area contributed by atoms with Gasteiger partial charge in [0.25, 0.3) is 5.91 Å². The largest absolute Gasteiger partial charge is 0.507 e. The number of para-hydroxylation sites is 1. The van der Waals surface area contributed by atoms with Crippen molar-refractivity contribution < 1.29 is 27.5 Å². The predicted octanol–water partition coefficient (Wildman–Crippen LogP) is 3.64. The van der Waals surface area contributed by atoms with Crippen LogP contribution in [0.4, 0.5) is 23.2 Å². The summed E-state index contributed by atoms with van der Waals surface area (Å²) in [7, 11) is 0. The summed E-state index contributed by atoms with van der Waals surface area (Å²) >= 11 is 0. The lowest BCUT2D eigenvalue weighted by Gasteiger charge is -2.12. The third kappa shape index (κ3) is 3.10. The fraction of sp³-hybridized carbons (Fsp3) is 0.0588. The number of phenolic OH excluding ortho intramolecular Hbond substituents is 1. The number of hydrogen-bond donors (Lipinski definition) is 3. The van der Waals surface area contributed by atoms with Crippen molar-refractivity contribution in [3.8, 4) is 5.75 Å². The molecule has 0 aliphatic rings. The number of nitrogens with one attached hydrogen (secondary N) is 2. The normalized spacial score (nSPS) is 11.5. The molecule has 0 atom stereocenters. The number of H-pyrrole nitrogens is 1. The van der Waals surface area contributed by atoms with Gasteiger partial charge in [0.1, 0.15) is 22.7 Å². The minimum atomic E-state index is -4.96. The summed E-state index contributed by atoms with van der Waals surface area (Å²) in [5, 5.41) is 11.6. The standard InChI is InChI=1S/C17H10F4N2O3/c18-11-5-10(17(19,20)21)14(24)6-13(11)23-16(26)9-7-22-12-4-2-1-3-8(12)15(9)25/h1-7,24H,(H,22,25)(H,23,26). The number of carbonyl (C=O) groups is 1. The highest BCUT2D eigenvalue weighted by atomic mass is 19.4. The average Bonchev–Trinajstić information content (AvgIpc) is 2.57. The number of amides is 1. The van der Waals surface area contributed by atoms with E-state index in [1.54, 1.807) is 18.2 Å². The zero-order valence-electron chi connectivity index (χ0n) is 12.8. The van der Waals surface area contributed by atoms with E-state index < -0.39 is 40.3 Å². The molecular weight excluding hydrogens is 356 g/mol. The number of aromatic amines is 1. The van der Waals surface area contributed by atoms with Gasteiger partial charge in [-0.15, -0.1) is 0 Å². The molecule has 134 valence electrons. The Labute approximate surface area is 142 Å². The predicted molar refractivity (Wildman–Crippen MR) is 85.6 cm³/mol. The van der Waals surface area contributed by atoms with Crippen LogP contribution in [0.1, 0.15) is 15.9 Å². The maximum atomic E-state index is 13.9. The lowest BCUT2D eigenvalue weighted by atomic mass is 10.1. The van der Waals surface area contributed by atoms with E-state index in [1.807, 2.05) is 5.32 Å². The number of halogens is 4. The van der Waals surface area contributed by atoms with Crippen molar-refractivity contribution in [2.45, 2.75) is 6.18 Å². The Balaban J connectivity index is 1.98. The summed E-state index contributed by atoms with van der Waals surface area (Å²) in [6, 6.07) is 6.87. The summed E-state index contributed by atoms with van der Waals surface area (Å²) in [6.07, 6.45) is -3.84. The number of phenols is 1. The Kier molecular flexibility index (Phi) is 4.15. The summed E-state index contributed by atoms with van der Waals surface area (Å²) in [6.45, 7) is 0. The van der Waals surface area contributed by atoms with E-state index in [0.29, 0.717) is 11.6 Å². The monoisotopic (exact) mass is 366 g/mol. The second-order valence-electron chi connectivity index (χ2n) is 5.38. The number of benzene rings is 2. The third-order valence-electron chi connectivity index (χ3n) is 3.67. The number of anilines is 1. The van der Waals surface area contributed by atoms with Crippen LogP contribution in [0.25, 0.3) is 10.9 Å². The lowest BCUT2D eigenvalue weighted by molar-refractivity contribution is -0.138. The zero-order valence-corrected chi connectivity index (χ0v) is 12.8. The molecule has 0 radical (unpaired) electrons. The first-order valence-corrected chi connectivity index (χ1v) is 7.20. The first-order chi connectivity index (χ1) is 12.2. The van der Waals surface area contributed by atoms with Crippen LogP contribution in [0.2, 0.25) is 0 Å². The van der Waals surface area contributed by atoms with Gasteiger partial charge < -0.3 is 15.4 Å². The molecule has 9 heteroatoms. The van der Waals surface area contributed by atoms with Crippen LogP contribution in [0.5, 0.6) is 5.75 Å². The number of pyridine rings is 1. The van der Waals surface area contributed by atoms with Crippen molar-refractivity contribution in [2.75, 3.05) is 5.32 Å². The molecule has 1 heterocycles. The van der Waals surface area contributed by atoms with Gasteiger partial charge in [-0.05, 0) is 18.2 Å². The Bertz CT molecular complexity index is 1070. The van der Waals surface area contributed by atoms with Gasteiger partial charge in [-0.1, -0.05) is 12.1 Å². The quantitative estimate of drug-likeness (QED) is 0.606. The van der Waals surface area contributed by atoms with Gasteiger partial charge in [0.05, 0.1) is 5.69 Å². The SMILES string of the molecule is O=C(Nc1cc(O)c(C(F)(F)F)cc1F)c1c[nH]c2ccccc2c1=O. The van der Waals surface area contributed by atoms with Crippen LogP contribution in [0, 0.1) is 5.82 Å². The average molecular weight is 366 g/mol. The summed E-state index contributed by atoms with van der Waals surface area (Å²) in [4.78, 5) is 27.3. The van der Waals surface area contributed by atoms with Crippen molar-refractivity contribution in [3.05, 3.63) is 69.8 Å². The molecule has 2 aromatic carbocycles. The molecule has 0 fully saturated rings. The molecule has 0 saturated carbocycles. The van der Waals surface area contributed by atoms with Crippen LogP contribution in [0.15, 0.2) is 47.4 Å². The molecule has 3 rings (SSSR count). The molecule has 3 aromatic rings. The number of hydrogen-bond acceptors (Lipinski definition) is 3. The molecule has 3 N–H and O–H groups in total. The first-order valence-electron chi connectivity index (χ1n) is 7.20. The molecule has 1 amide bonds. The number of rotatable bonds is 2. The Morgan fingerprint density at radius 3 is 2.54 bits per heavy atom. The van der Waals surface area contributed by atoms with Crippen molar-refractivity contribution in [2.24, 2.45) is 0 Å². The molecule has 0 unspecified atom stereocenters. The minimum absolute atomic E-state index is 0.0650. The smallest absolute Gasteiger partial charge is 0.420 e.